The maximum atomic E-state index is 12.5. The van der Waals surface area contributed by atoms with Crippen molar-refractivity contribution in [2.75, 3.05) is 0 Å². The average molecular weight is 306 g/mol. The van der Waals surface area contributed by atoms with E-state index in [1.807, 2.05) is 0 Å². The molecule has 16 heavy (non-hydrogen) atoms. The van der Waals surface area contributed by atoms with Gasteiger partial charge in [0, 0.05) is 22.7 Å². The molecular formula is C8H5BrF5NO. The highest BCUT2D eigenvalue weighted by atomic mass is 79.9. The lowest BCUT2D eigenvalue weighted by molar-refractivity contribution is -0.139. The number of pyridine rings is 1. The van der Waals surface area contributed by atoms with Crippen molar-refractivity contribution in [2.24, 2.45) is 0 Å². The molecule has 8 heteroatoms. The van der Waals surface area contributed by atoms with Crippen molar-refractivity contribution in [1.82, 2.24) is 4.98 Å². The summed E-state index contributed by atoms with van der Waals surface area (Å²) >= 11 is 2.71. The number of halogens is 6. The Morgan fingerprint density at radius 1 is 1.38 bits per heavy atom. The topological polar surface area (TPSA) is 32.9 Å². The molecule has 0 aromatic carbocycles. The molecule has 0 saturated heterocycles. The highest BCUT2D eigenvalue weighted by molar-refractivity contribution is 9.08. The summed E-state index contributed by atoms with van der Waals surface area (Å²) in [5.74, 6) is 0. The van der Waals surface area contributed by atoms with E-state index in [2.05, 4.69) is 15.9 Å². The molecular weight excluding hydrogens is 301 g/mol. The first-order valence-corrected chi connectivity index (χ1v) is 5.07. The van der Waals surface area contributed by atoms with Gasteiger partial charge in [0.15, 0.2) is 0 Å². The molecule has 0 atom stereocenters. The second-order valence-electron chi connectivity index (χ2n) is 2.86. The van der Waals surface area contributed by atoms with Gasteiger partial charge in [0.05, 0.1) is 5.56 Å². The first-order chi connectivity index (χ1) is 7.29. The zero-order chi connectivity index (χ0) is 12.5. The quantitative estimate of drug-likeness (QED) is 0.660. The van der Waals surface area contributed by atoms with E-state index < -0.39 is 34.9 Å². The first kappa shape index (κ1) is 13.1. The molecule has 1 aromatic rings. The molecule has 0 aliphatic carbocycles. The lowest BCUT2D eigenvalue weighted by Gasteiger charge is -2.14. The Labute approximate surface area is 94.6 Å². The highest BCUT2D eigenvalue weighted by Gasteiger charge is 2.37. The summed E-state index contributed by atoms with van der Waals surface area (Å²) in [7, 11) is 0. The molecule has 0 spiro atoms. The predicted molar refractivity (Wildman–Crippen MR) is 49.7 cm³/mol. The van der Waals surface area contributed by atoms with Crippen molar-refractivity contribution in [1.29, 1.82) is 0 Å². The van der Waals surface area contributed by atoms with Crippen LogP contribution in [0.1, 0.15) is 23.1 Å². The fraction of sp³-hybridized carbons (Fsp3) is 0.375. The Morgan fingerprint density at radius 2 is 1.94 bits per heavy atom. The Morgan fingerprint density at radius 3 is 2.31 bits per heavy atom. The Kier molecular flexibility index (Phi) is 3.72. The van der Waals surface area contributed by atoms with E-state index in [0.29, 0.717) is 0 Å². The van der Waals surface area contributed by atoms with E-state index >= 15 is 0 Å². The van der Waals surface area contributed by atoms with Crippen molar-refractivity contribution in [3.8, 4) is 0 Å². The van der Waals surface area contributed by atoms with Crippen LogP contribution in [0.3, 0.4) is 0 Å². The molecule has 0 aliphatic heterocycles. The number of alkyl halides is 6. The Hall–Kier alpha value is -0.920. The highest BCUT2D eigenvalue weighted by Crippen LogP contribution is 2.36. The second kappa shape index (κ2) is 4.52. The Bertz CT molecular complexity index is 439. The number of rotatable bonds is 2. The van der Waals surface area contributed by atoms with Crippen LogP contribution in [0.4, 0.5) is 22.0 Å². The normalized spacial score (nSPS) is 12.2. The summed E-state index contributed by atoms with van der Waals surface area (Å²) < 4.78 is 62.2. The third-order valence-corrected chi connectivity index (χ3v) is 2.45. The first-order valence-electron chi connectivity index (χ1n) is 3.94. The summed E-state index contributed by atoms with van der Waals surface area (Å²) in [5.41, 5.74) is -4.35. The van der Waals surface area contributed by atoms with Crippen LogP contribution in [0.5, 0.6) is 0 Å². The third kappa shape index (κ3) is 2.42. The van der Waals surface area contributed by atoms with Crippen LogP contribution in [0, 0.1) is 0 Å². The van der Waals surface area contributed by atoms with Gasteiger partial charge in [-0.15, -0.1) is 0 Å². The van der Waals surface area contributed by atoms with Gasteiger partial charge < -0.3 is 4.98 Å². The minimum absolute atomic E-state index is 0.260. The molecule has 0 aliphatic rings. The van der Waals surface area contributed by atoms with E-state index in [0.717, 1.165) is 0 Å². The van der Waals surface area contributed by atoms with E-state index in [4.69, 9.17) is 0 Å². The van der Waals surface area contributed by atoms with Crippen molar-refractivity contribution in [2.45, 2.75) is 17.9 Å². The zero-order valence-corrected chi connectivity index (χ0v) is 9.12. The number of nitrogens with one attached hydrogen (secondary N) is 1. The number of hydrogen-bond donors (Lipinski definition) is 1. The van der Waals surface area contributed by atoms with E-state index in [1.165, 1.54) is 0 Å². The maximum Gasteiger partial charge on any atom is 0.418 e. The maximum absolute atomic E-state index is 12.5. The van der Waals surface area contributed by atoms with Gasteiger partial charge in [-0.05, 0) is 0 Å². The van der Waals surface area contributed by atoms with E-state index in [9.17, 15) is 26.7 Å². The molecule has 0 saturated carbocycles. The number of H-pyrrole nitrogens is 1. The van der Waals surface area contributed by atoms with Crippen molar-refractivity contribution in [3.63, 3.8) is 0 Å². The third-order valence-electron chi connectivity index (χ3n) is 1.89. The monoisotopic (exact) mass is 305 g/mol. The molecule has 90 valence electrons. The van der Waals surface area contributed by atoms with Gasteiger partial charge in [-0.2, -0.15) is 13.2 Å². The van der Waals surface area contributed by atoms with Crippen LogP contribution in [0.25, 0.3) is 0 Å². The molecule has 0 amide bonds. The van der Waals surface area contributed by atoms with Crippen molar-refractivity contribution < 1.29 is 22.0 Å². The summed E-state index contributed by atoms with van der Waals surface area (Å²) in [6.45, 7) is 0. The second-order valence-corrected chi connectivity index (χ2v) is 3.42. The molecule has 2 nitrogen and oxygen atoms in total. The molecule has 1 N–H and O–H groups in total. The minimum atomic E-state index is -4.92. The van der Waals surface area contributed by atoms with E-state index in [1.54, 1.807) is 4.98 Å². The molecule has 1 heterocycles. The largest absolute Gasteiger partial charge is 0.418 e. The molecule has 1 aromatic heterocycles. The number of hydrogen-bond acceptors (Lipinski definition) is 1. The van der Waals surface area contributed by atoms with Crippen molar-refractivity contribution >= 4 is 15.9 Å². The lowest BCUT2D eigenvalue weighted by atomic mass is 10.1. The van der Waals surface area contributed by atoms with Gasteiger partial charge in [-0.3, -0.25) is 4.79 Å². The van der Waals surface area contributed by atoms with Gasteiger partial charge in [-0.1, -0.05) is 15.9 Å². The zero-order valence-electron chi connectivity index (χ0n) is 7.54. The van der Waals surface area contributed by atoms with Crippen molar-refractivity contribution in [3.05, 3.63) is 33.2 Å². The fourth-order valence-electron chi connectivity index (χ4n) is 1.20. The average Bonchev–Trinajstić information content (AvgIpc) is 2.14. The summed E-state index contributed by atoms with van der Waals surface area (Å²) in [6, 6.07) is 0. The molecule has 0 unspecified atom stereocenters. The molecule has 0 bridgehead atoms. The van der Waals surface area contributed by atoms with Gasteiger partial charge in [-0.25, -0.2) is 8.78 Å². The minimum Gasteiger partial charge on any atom is -0.328 e. The van der Waals surface area contributed by atoms with Gasteiger partial charge in [0.25, 0.3) is 12.0 Å². The predicted octanol–water partition coefficient (Wildman–Crippen LogP) is 3.23. The van der Waals surface area contributed by atoms with Crippen LogP contribution >= 0.6 is 15.9 Å². The lowest BCUT2D eigenvalue weighted by Crippen LogP contribution is -2.21. The molecule has 1 rings (SSSR count). The van der Waals surface area contributed by atoms with Crippen LogP contribution in [0.2, 0.25) is 0 Å². The number of aromatic nitrogens is 1. The van der Waals surface area contributed by atoms with Gasteiger partial charge in [0.1, 0.15) is 0 Å². The van der Waals surface area contributed by atoms with Crippen LogP contribution in [-0.4, -0.2) is 4.98 Å². The van der Waals surface area contributed by atoms with Crippen LogP contribution in [-0.2, 0) is 11.5 Å². The van der Waals surface area contributed by atoms with Crippen LogP contribution < -0.4 is 5.56 Å². The van der Waals surface area contributed by atoms with Gasteiger partial charge in [0.2, 0.25) is 0 Å². The summed E-state index contributed by atoms with van der Waals surface area (Å²) in [4.78, 5) is 12.9. The summed E-state index contributed by atoms with van der Waals surface area (Å²) in [6.07, 6.45) is -8.02. The fourth-order valence-corrected chi connectivity index (χ4v) is 1.76. The summed E-state index contributed by atoms with van der Waals surface area (Å²) in [5, 5.41) is -0.369. The molecule has 0 radical (unpaired) electrons. The smallest absolute Gasteiger partial charge is 0.328 e. The van der Waals surface area contributed by atoms with Crippen LogP contribution in [0.15, 0.2) is 11.0 Å². The standard InChI is InChI=1S/C8H5BrF5NO/c9-1-3-5(6(10)11)4(8(12,13)14)2-15-7(3)16/h2,6H,1H2,(H,15,16). The van der Waals surface area contributed by atoms with Gasteiger partial charge >= 0.3 is 6.18 Å². The molecule has 0 fully saturated rings. The number of aromatic amines is 1. The van der Waals surface area contributed by atoms with E-state index in [-0.39, 0.29) is 11.5 Å². The SMILES string of the molecule is O=c1[nH]cc(C(F)(F)F)c(C(F)F)c1CBr. The Balaban J connectivity index is 3.58.